The molecule has 0 saturated carbocycles. The van der Waals surface area contributed by atoms with Crippen LogP contribution in [0.25, 0.3) is 0 Å². The highest BCUT2D eigenvalue weighted by Crippen LogP contribution is 2.23. The number of benzene rings is 1. The van der Waals surface area contributed by atoms with E-state index in [1.807, 2.05) is 0 Å². The average molecular weight is 266 g/mol. The van der Waals surface area contributed by atoms with Crippen LogP contribution in [0.2, 0.25) is 0 Å². The summed E-state index contributed by atoms with van der Waals surface area (Å²) in [5, 5.41) is 0. The maximum absolute atomic E-state index is 5.80. The summed E-state index contributed by atoms with van der Waals surface area (Å²) in [4.78, 5) is 0. The second-order valence-electron chi connectivity index (χ2n) is 4.45. The van der Waals surface area contributed by atoms with Crippen molar-refractivity contribution in [2.75, 3.05) is 33.5 Å². The second-order valence-corrected chi connectivity index (χ2v) is 4.45. The van der Waals surface area contributed by atoms with Gasteiger partial charge in [-0.3, -0.25) is 0 Å². The molecule has 0 aliphatic heterocycles. The van der Waals surface area contributed by atoms with Gasteiger partial charge in [-0.1, -0.05) is 26.0 Å². The van der Waals surface area contributed by atoms with Crippen LogP contribution >= 0.6 is 0 Å². The van der Waals surface area contributed by atoms with Crippen molar-refractivity contribution in [3.05, 3.63) is 29.3 Å². The van der Waals surface area contributed by atoms with Gasteiger partial charge in [0.1, 0.15) is 5.75 Å². The summed E-state index contributed by atoms with van der Waals surface area (Å²) in [6, 6.07) is 6.29. The topological polar surface area (TPSA) is 27.7 Å². The fraction of sp³-hybridized carbons (Fsp3) is 0.625. The van der Waals surface area contributed by atoms with E-state index < -0.39 is 0 Å². The highest BCUT2D eigenvalue weighted by molar-refractivity contribution is 5.40. The van der Waals surface area contributed by atoms with E-state index in [1.54, 1.807) is 7.11 Å². The molecule has 3 nitrogen and oxygen atoms in total. The standard InChI is InChI=1S/C16H26O3/c1-4-10-19-16-8-6-7-14(15(16)5-2)9-11-18-13-12-17-3/h6-8H,4-5,9-13H2,1-3H3. The van der Waals surface area contributed by atoms with Crippen molar-refractivity contribution in [2.24, 2.45) is 0 Å². The molecule has 0 aromatic heterocycles. The first kappa shape index (κ1) is 16.0. The molecule has 0 unspecified atom stereocenters. The molecule has 1 aromatic rings. The second kappa shape index (κ2) is 9.82. The Morgan fingerprint density at radius 2 is 1.84 bits per heavy atom. The van der Waals surface area contributed by atoms with Crippen LogP contribution in [0.5, 0.6) is 5.75 Å². The smallest absolute Gasteiger partial charge is 0.122 e. The molecule has 0 heterocycles. The normalized spacial score (nSPS) is 10.7. The predicted octanol–water partition coefficient (Wildman–Crippen LogP) is 3.24. The summed E-state index contributed by atoms with van der Waals surface area (Å²) in [7, 11) is 1.69. The van der Waals surface area contributed by atoms with Crippen molar-refractivity contribution >= 4 is 0 Å². The molecule has 1 rings (SSSR count). The molecular weight excluding hydrogens is 240 g/mol. The fourth-order valence-corrected chi connectivity index (χ4v) is 2.02. The summed E-state index contributed by atoms with van der Waals surface area (Å²) in [6.07, 6.45) is 2.96. The number of rotatable bonds is 10. The third kappa shape index (κ3) is 5.62. The first-order chi connectivity index (χ1) is 9.33. The molecule has 0 fully saturated rings. The summed E-state index contributed by atoms with van der Waals surface area (Å²) in [5.41, 5.74) is 2.64. The molecule has 0 saturated heterocycles. The summed E-state index contributed by atoms with van der Waals surface area (Å²) >= 11 is 0. The van der Waals surface area contributed by atoms with E-state index in [0.717, 1.165) is 38.2 Å². The zero-order valence-electron chi connectivity index (χ0n) is 12.4. The lowest BCUT2D eigenvalue weighted by molar-refractivity contribution is 0.0721. The molecule has 0 bridgehead atoms. The van der Waals surface area contributed by atoms with Gasteiger partial charge in [-0.2, -0.15) is 0 Å². The van der Waals surface area contributed by atoms with Crippen molar-refractivity contribution in [3.63, 3.8) is 0 Å². The Balaban J connectivity index is 2.56. The van der Waals surface area contributed by atoms with Gasteiger partial charge in [0, 0.05) is 7.11 Å². The molecule has 3 heteroatoms. The minimum Gasteiger partial charge on any atom is -0.493 e. The van der Waals surface area contributed by atoms with Gasteiger partial charge in [-0.25, -0.2) is 0 Å². The molecule has 0 radical (unpaired) electrons. The SMILES string of the molecule is CCCOc1cccc(CCOCCOC)c1CC. The fourth-order valence-electron chi connectivity index (χ4n) is 2.02. The molecule has 108 valence electrons. The van der Waals surface area contributed by atoms with Gasteiger partial charge in [-0.15, -0.1) is 0 Å². The summed E-state index contributed by atoms with van der Waals surface area (Å²) in [5.74, 6) is 1.03. The zero-order valence-corrected chi connectivity index (χ0v) is 12.4. The van der Waals surface area contributed by atoms with Crippen LogP contribution in [-0.4, -0.2) is 33.5 Å². The highest BCUT2D eigenvalue weighted by Gasteiger charge is 2.07. The summed E-state index contributed by atoms with van der Waals surface area (Å²) in [6.45, 7) is 7.11. The quantitative estimate of drug-likeness (QED) is 0.608. The molecule has 0 aliphatic carbocycles. The number of hydrogen-bond acceptors (Lipinski definition) is 3. The molecule has 0 spiro atoms. The van der Waals surface area contributed by atoms with Gasteiger partial charge in [0.2, 0.25) is 0 Å². The van der Waals surface area contributed by atoms with E-state index in [1.165, 1.54) is 11.1 Å². The lowest BCUT2D eigenvalue weighted by Gasteiger charge is -2.14. The molecule has 0 amide bonds. The van der Waals surface area contributed by atoms with Crippen molar-refractivity contribution in [1.82, 2.24) is 0 Å². The van der Waals surface area contributed by atoms with E-state index in [4.69, 9.17) is 14.2 Å². The highest BCUT2D eigenvalue weighted by atomic mass is 16.5. The minimum absolute atomic E-state index is 0.653. The minimum atomic E-state index is 0.653. The van der Waals surface area contributed by atoms with Gasteiger partial charge in [0.05, 0.1) is 26.4 Å². The van der Waals surface area contributed by atoms with Crippen LogP contribution < -0.4 is 4.74 Å². The van der Waals surface area contributed by atoms with Crippen LogP contribution in [0.3, 0.4) is 0 Å². The molecule has 0 atom stereocenters. The lowest BCUT2D eigenvalue weighted by Crippen LogP contribution is -2.07. The molecule has 0 N–H and O–H groups in total. The van der Waals surface area contributed by atoms with Crippen LogP contribution in [0.15, 0.2) is 18.2 Å². The Morgan fingerprint density at radius 3 is 2.53 bits per heavy atom. The number of hydrogen-bond donors (Lipinski definition) is 0. The van der Waals surface area contributed by atoms with Crippen molar-refractivity contribution in [1.29, 1.82) is 0 Å². The predicted molar refractivity (Wildman–Crippen MR) is 78.0 cm³/mol. The lowest BCUT2D eigenvalue weighted by atomic mass is 10.0. The largest absolute Gasteiger partial charge is 0.493 e. The Kier molecular flexibility index (Phi) is 8.26. The van der Waals surface area contributed by atoms with E-state index in [0.29, 0.717) is 13.2 Å². The maximum Gasteiger partial charge on any atom is 0.122 e. The Hall–Kier alpha value is -1.06. The van der Waals surface area contributed by atoms with Crippen LogP contribution in [0, 0.1) is 0 Å². The molecule has 0 aliphatic rings. The molecular formula is C16H26O3. The van der Waals surface area contributed by atoms with Crippen molar-refractivity contribution in [2.45, 2.75) is 33.1 Å². The van der Waals surface area contributed by atoms with Gasteiger partial charge in [0.25, 0.3) is 0 Å². The molecule has 19 heavy (non-hydrogen) atoms. The third-order valence-electron chi connectivity index (χ3n) is 2.99. The maximum atomic E-state index is 5.80. The van der Waals surface area contributed by atoms with E-state index in [2.05, 4.69) is 32.0 Å². The average Bonchev–Trinajstić information content (AvgIpc) is 2.44. The van der Waals surface area contributed by atoms with Crippen molar-refractivity contribution < 1.29 is 14.2 Å². The van der Waals surface area contributed by atoms with Crippen LogP contribution in [-0.2, 0) is 22.3 Å². The van der Waals surface area contributed by atoms with Gasteiger partial charge < -0.3 is 14.2 Å². The zero-order chi connectivity index (χ0) is 13.9. The van der Waals surface area contributed by atoms with Gasteiger partial charge in [0.15, 0.2) is 0 Å². The van der Waals surface area contributed by atoms with Gasteiger partial charge >= 0.3 is 0 Å². The number of methoxy groups -OCH3 is 1. The Labute approximate surface area is 116 Å². The number of ether oxygens (including phenoxy) is 3. The van der Waals surface area contributed by atoms with E-state index >= 15 is 0 Å². The summed E-state index contributed by atoms with van der Waals surface area (Å²) < 4.78 is 16.3. The third-order valence-corrected chi connectivity index (χ3v) is 2.99. The van der Waals surface area contributed by atoms with E-state index in [-0.39, 0.29) is 0 Å². The van der Waals surface area contributed by atoms with Crippen LogP contribution in [0.1, 0.15) is 31.4 Å². The molecule has 1 aromatic carbocycles. The Bertz CT molecular complexity index is 350. The van der Waals surface area contributed by atoms with Crippen LogP contribution in [0.4, 0.5) is 0 Å². The van der Waals surface area contributed by atoms with Gasteiger partial charge in [-0.05, 0) is 36.5 Å². The first-order valence-electron chi connectivity index (χ1n) is 7.13. The first-order valence-corrected chi connectivity index (χ1v) is 7.13. The van der Waals surface area contributed by atoms with Crippen molar-refractivity contribution in [3.8, 4) is 5.75 Å². The van der Waals surface area contributed by atoms with E-state index in [9.17, 15) is 0 Å². The monoisotopic (exact) mass is 266 g/mol. The Morgan fingerprint density at radius 1 is 1.00 bits per heavy atom.